The second kappa shape index (κ2) is 6.17. The minimum absolute atomic E-state index is 0.501. The molecule has 0 unspecified atom stereocenters. The molecule has 1 aromatic rings. The quantitative estimate of drug-likeness (QED) is 0.925. The lowest BCUT2D eigenvalue weighted by Gasteiger charge is -2.31. The van der Waals surface area contributed by atoms with Crippen molar-refractivity contribution in [1.29, 1.82) is 0 Å². The van der Waals surface area contributed by atoms with Crippen LogP contribution in [0.1, 0.15) is 56.2 Å². The summed E-state index contributed by atoms with van der Waals surface area (Å²) < 4.78 is 1.63. The van der Waals surface area contributed by atoms with Crippen molar-refractivity contribution < 1.29 is 9.90 Å². The average Bonchev–Trinajstić information content (AvgIpc) is 2.58. The highest BCUT2D eigenvalue weighted by Gasteiger charge is 2.39. The van der Waals surface area contributed by atoms with Crippen LogP contribution in [0.25, 0.3) is 0 Å². The van der Waals surface area contributed by atoms with E-state index in [-0.39, 0.29) is 0 Å². The van der Waals surface area contributed by atoms with E-state index in [1.54, 1.807) is 11.7 Å². The van der Waals surface area contributed by atoms with Gasteiger partial charge in [0.1, 0.15) is 5.15 Å². The molecule has 0 spiro atoms. The Balaban J connectivity index is 2.30. The van der Waals surface area contributed by atoms with Gasteiger partial charge in [0.25, 0.3) is 0 Å². The van der Waals surface area contributed by atoms with Gasteiger partial charge in [-0.1, -0.05) is 43.7 Å². The van der Waals surface area contributed by atoms with Crippen LogP contribution in [0.5, 0.6) is 0 Å². The number of aromatic nitrogens is 2. The van der Waals surface area contributed by atoms with Crippen LogP contribution in [0, 0.1) is 12.3 Å². The number of aryl methyl sites for hydroxylation is 2. The zero-order chi connectivity index (χ0) is 14.8. The lowest BCUT2D eigenvalue weighted by atomic mass is 9.72. The fourth-order valence-electron chi connectivity index (χ4n) is 3.26. The summed E-state index contributed by atoms with van der Waals surface area (Å²) in [6.07, 6.45) is 7.46. The molecule has 2 rings (SSSR count). The lowest BCUT2D eigenvalue weighted by Crippen LogP contribution is -2.34. The van der Waals surface area contributed by atoms with Crippen molar-refractivity contribution in [3.05, 3.63) is 16.4 Å². The number of hydrogen-bond donors (Lipinski definition) is 1. The molecule has 0 saturated heterocycles. The normalized spacial score (nSPS) is 19.4. The standard InChI is InChI=1S/C15H23ClN2O2/c1-11-12(13(16)18(2)17-11)10-15(14(19)20)8-6-4-3-5-7-9-15/h3-10H2,1-2H3,(H,19,20). The summed E-state index contributed by atoms with van der Waals surface area (Å²) >= 11 is 6.28. The van der Waals surface area contributed by atoms with Crippen molar-refractivity contribution in [1.82, 2.24) is 9.78 Å². The Morgan fingerprint density at radius 3 is 2.30 bits per heavy atom. The Bertz CT molecular complexity index is 488. The Labute approximate surface area is 125 Å². The predicted octanol–water partition coefficient (Wildman–Crippen LogP) is 3.74. The molecule has 0 atom stereocenters. The largest absolute Gasteiger partial charge is 0.481 e. The molecular weight excluding hydrogens is 276 g/mol. The number of nitrogens with zero attached hydrogens (tertiary/aromatic N) is 2. The van der Waals surface area contributed by atoms with Gasteiger partial charge in [-0.25, -0.2) is 0 Å². The van der Waals surface area contributed by atoms with Gasteiger partial charge in [-0.15, -0.1) is 0 Å². The monoisotopic (exact) mass is 298 g/mol. The summed E-state index contributed by atoms with van der Waals surface area (Å²) in [5.74, 6) is -0.682. The number of carbonyl (C=O) groups is 1. The van der Waals surface area contributed by atoms with Crippen LogP contribution in [0.15, 0.2) is 0 Å². The van der Waals surface area contributed by atoms with Crippen molar-refractivity contribution >= 4 is 17.6 Å². The molecule has 0 amide bonds. The van der Waals surface area contributed by atoms with Gasteiger partial charge in [-0.05, 0) is 26.2 Å². The molecule has 0 bridgehead atoms. The summed E-state index contributed by atoms with van der Waals surface area (Å²) in [5, 5.41) is 14.7. The molecule has 0 aromatic carbocycles. The maximum atomic E-state index is 11.9. The summed E-state index contributed by atoms with van der Waals surface area (Å²) in [5.41, 5.74) is 1.08. The summed E-state index contributed by atoms with van der Waals surface area (Å²) in [6, 6.07) is 0. The van der Waals surface area contributed by atoms with E-state index in [0.29, 0.717) is 11.6 Å². The number of hydrogen-bond acceptors (Lipinski definition) is 2. The second-order valence-electron chi connectivity index (χ2n) is 6.01. The van der Waals surface area contributed by atoms with Crippen molar-refractivity contribution in [2.45, 2.75) is 58.3 Å². The van der Waals surface area contributed by atoms with Gasteiger partial charge in [0.05, 0.1) is 11.1 Å². The molecule has 1 aliphatic carbocycles. The van der Waals surface area contributed by atoms with Crippen LogP contribution < -0.4 is 0 Å². The zero-order valence-corrected chi connectivity index (χ0v) is 13.0. The van der Waals surface area contributed by atoms with Crippen molar-refractivity contribution in [3.8, 4) is 0 Å². The average molecular weight is 299 g/mol. The van der Waals surface area contributed by atoms with Gasteiger partial charge in [0.2, 0.25) is 0 Å². The van der Waals surface area contributed by atoms with E-state index in [9.17, 15) is 9.90 Å². The molecule has 112 valence electrons. The first-order valence-electron chi connectivity index (χ1n) is 7.38. The molecule has 0 radical (unpaired) electrons. The highest BCUT2D eigenvalue weighted by molar-refractivity contribution is 6.30. The van der Waals surface area contributed by atoms with Crippen LogP contribution in [-0.4, -0.2) is 20.9 Å². The number of aliphatic carboxylic acids is 1. The van der Waals surface area contributed by atoms with Crippen molar-refractivity contribution in [2.24, 2.45) is 12.5 Å². The molecule has 0 aliphatic heterocycles. The minimum Gasteiger partial charge on any atom is -0.481 e. The van der Waals surface area contributed by atoms with E-state index in [4.69, 9.17) is 11.6 Å². The Hall–Kier alpha value is -1.03. The third-order valence-corrected chi connectivity index (χ3v) is 5.02. The zero-order valence-electron chi connectivity index (χ0n) is 12.3. The minimum atomic E-state index is -0.682. The highest BCUT2D eigenvalue weighted by Crippen LogP contribution is 2.39. The first-order valence-corrected chi connectivity index (χ1v) is 7.75. The molecule has 1 aliphatic rings. The van der Waals surface area contributed by atoms with Crippen molar-refractivity contribution in [3.63, 3.8) is 0 Å². The SMILES string of the molecule is Cc1nn(C)c(Cl)c1CC1(C(=O)O)CCCCCCC1. The fraction of sp³-hybridized carbons (Fsp3) is 0.733. The third kappa shape index (κ3) is 3.00. The summed E-state index contributed by atoms with van der Waals surface area (Å²) in [7, 11) is 1.80. The van der Waals surface area contributed by atoms with E-state index >= 15 is 0 Å². The first kappa shape index (κ1) is 15.4. The molecule has 20 heavy (non-hydrogen) atoms. The first-order chi connectivity index (χ1) is 9.46. The molecule has 1 aromatic heterocycles. The van der Waals surface area contributed by atoms with E-state index in [2.05, 4.69) is 5.10 Å². The van der Waals surface area contributed by atoms with Gasteiger partial charge in [-0.2, -0.15) is 5.10 Å². The smallest absolute Gasteiger partial charge is 0.309 e. The van der Waals surface area contributed by atoms with Crippen LogP contribution >= 0.6 is 11.6 Å². The molecule has 1 saturated carbocycles. The Morgan fingerprint density at radius 2 is 1.85 bits per heavy atom. The topological polar surface area (TPSA) is 55.1 Å². The number of carboxylic acids is 1. The molecular formula is C15H23ClN2O2. The predicted molar refractivity (Wildman–Crippen MR) is 79.0 cm³/mol. The van der Waals surface area contributed by atoms with Gasteiger partial charge in [0.15, 0.2) is 0 Å². The molecule has 5 heteroatoms. The highest BCUT2D eigenvalue weighted by atomic mass is 35.5. The lowest BCUT2D eigenvalue weighted by molar-refractivity contribution is -0.150. The molecule has 1 N–H and O–H groups in total. The molecule has 1 heterocycles. The Kier molecular flexibility index (Phi) is 4.74. The van der Waals surface area contributed by atoms with Gasteiger partial charge < -0.3 is 5.11 Å². The van der Waals surface area contributed by atoms with E-state index < -0.39 is 11.4 Å². The van der Waals surface area contributed by atoms with Crippen LogP contribution in [-0.2, 0) is 18.3 Å². The number of rotatable bonds is 3. The maximum absolute atomic E-state index is 11.9. The van der Waals surface area contributed by atoms with Crippen LogP contribution in [0.4, 0.5) is 0 Å². The Morgan fingerprint density at radius 1 is 1.30 bits per heavy atom. The number of carboxylic acid groups (broad SMARTS) is 1. The number of halogens is 1. The van der Waals surface area contributed by atoms with E-state index in [1.807, 2.05) is 6.92 Å². The van der Waals surface area contributed by atoms with Crippen molar-refractivity contribution in [2.75, 3.05) is 0 Å². The van der Waals surface area contributed by atoms with Gasteiger partial charge in [0, 0.05) is 12.6 Å². The second-order valence-corrected chi connectivity index (χ2v) is 6.37. The molecule has 1 fully saturated rings. The maximum Gasteiger partial charge on any atom is 0.309 e. The summed E-state index contributed by atoms with van der Waals surface area (Å²) in [6.45, 7) is 1.90. The summed E-state index contributed by atoms with van der Waals surface area (Å²) in [4.78, 5) is 11.9. The van der Waals surface area contributed by atoms with E-state index in [0.717, 1.165) is 49.8 Å². The van der Waals surface area contributed by atoms with Crippen LogP contribution in [0.3, 0.4) is 0 Å². The van der Waals surface area contributed by atoms with Gasteiger partial charge >= 0.3 is 5.97 Å². The third-order valence-electron chi connectivity index (χ3n) is 4.55. The van der Waals surface area contributed by atoms with E-state index in [1.165, 1.54) is 6.42 Å². The molecule has 4 nitrogen and oxygen atoms in total. The van der Waals surface area contributed by atoms with Gasteiger partial charge in [-0.3, -0.25) is 9.48 Å². The fourth-order valence-corrected chi connectivity index (χ4v) is 3.50. The van der Waals surface area contributed by atoms with Crippen LogP contribution in [0.2, 0.25) is 5.15 Å².